The Bertz CT molecular complexity index is 450. The number of rotatable bonds is 4. The number of ether oxygens (including phenoxy) is 2. The molecule has 5 nitrogen and oxygen atoms in total. The first-order valence-corrected chi connectivity index (χ1v) is 5.18. The third-order valence-electron chi connectivity index (χ3n) is 2.12. The molecule has 18 heavy (non-hydrogen) atoms. The zero-order valence-electron chi connectivity index (χ0n) is 9.88. The van der Waals surface area contributed by atoms with Crippen molar-refractivity contribution in [1.29, 1.82) is 0 Å². The van der Waals surface area contributed by atoms with E-state index in [0.29, 0.717) is 5.56 Å². The molecule has 0 aliphatic rings. The summed E-state index contributed by atoms with van der Waals surface area (Å²) in [5.74, 6) is 1.57. The van der Waals surface area contributed by atoms with Crippen molar-refractivity contribution in [2.75, 3.05) is 13.7 Å². The molecule has 1 aromatic rings. The first-order valence-electron chi connectivity index (χ1n) is 5.18. The Hall–Kier alpha value is -2.48. The van der Waals surface area contributed by atoms with Gasteiger partial charge in [0.05, 0.1) is 7.11 Å². The van der Waals surface area contributed by atoms with Crippen LogP contribution in [0, 0.1) is 12.3 Å². The fourth-order valence-corrected chi connectivity index (χ4v) is 1.31. The molecule has 0 spiro atoms. The minimum Gasteiger partial charge on any atom is -0.467 e. The Morgan fingerprint density at radius 3 is 2.61 bits per heavy atom. The van der Waals surface area contributed by atoms with Crippen molar-refractivity contribution in [1.82, 2.24) is 5.32 Å². The molecule has 0 aliphatic heterocycles. The minimum absolute atomic E-state index is 0.158. The summed E-state index contributed by atoms with van der Waals surface area (Å²) in [6.07, 6.45) is 4.19. The standard InChI is InChI=1S/C13H13NO4/c1-3-9-18-13(16)14-11(12(15)17-2)10-7-5-4-6-8-10/h1,4-8,11H,9H2,2H3,(H,14,16). The topological polar surface area (TPSA) is 64.6 Å². The SMILES string of the molecule is C#CCOC(=O)NC(C(=O)OC)c1ccccc1. The molecule has 0 aromatic heterocycles. The number of carbonyl (C=O) groups excluding carboxylic acids is 2. The van der Waals surface area contributed by atoms with Crippen LogP contribution in [0.25, 0.3) is 0 Å². The van der Waals surface area contributed by atoms with Crippen LogP contribution in [0.5, 0.6) is 0 Å². The first kappa shape index (κ1) is 13.6. The highest BCUT2D eigenvalue weighted by atomic mass is 16.6. The average molecular weight is 247 g/mol. The second kappa shape index (κ2) is 6.97. The van der Waals surface area contributed by atoms with E-state index in [9.17, 15) is 9.59 Å². The van der Waals surface area contributed by atoms with Crippen molar-refractivity contribution in [2.24, 2.45) is 0 Å². The number of hydrogen-bond acceptors (Lipinski definition) is 4. The molecular formula is C13H13NO4. The molecule has 1 unspecified atom stereocenters. The summed E-state index contributed by atoms with van der Waals surface area (Å²) in [5.41, 5.74) is 0.599. The van der Waals surface area contributed by atoms with Gasteiger partial charge in [-0.15, -0.1) is 6.42 Å². The second-order valence-electron chi connectivity index (χ2n) is 3.29. The van der Waals surface area contributed by atoms with Gasteiger partial charge in [0, 0.05) is 0 Å². The number of esters is 1. The van der Waals surface area contributed by atoms with Crippen LogP contribution in [0.4, 0.5) is 4.79 Å². The van der Waals surface area contributed by atoms with Crippen LogP contribution in [0.3, 0.4) is 0 Å². The molecule has 1 rings (SSSR count). The van der Waals surface area contributed by atoms with E-state index in [4.69, 9.17) is 6.42 Å². The lowest BCUT2D eigenvalue weighted by Crippen LogP contribution is -2.35. The maximum atomic E-state index is 11.6. The van der Waals surface area contributed by atoms with Crippen LogP contribution in [0.2, 0.25) is 0 Å². The van der Waals surface area contributed by atoms with Crippen LogP contribution in [0.15, 0.2) is 30.3 Å². The lowest BCUT2D eigenvalue weighted by atomic mass is 10.1. The van der Waals surface area contributed by atoms with Crippen LogP contribution < -0.4 is 5.32 Å². The van der Waals surface area contributed by atoms with Crippen LogP contribution >= 0.6 is 0 Å². The van der Waals surface area contributed by atoms with Crippen LogP contribution in [-0.2, 0) is 14.3 Å². The van der Waals surface area contributed by atoms with Crippen molar-refractivity contribution >= 4 is 12.1 Å². The van der Waals surface area contributed by atoms with Crippen molar-refractivity contribution in [3.8, 4) is 12.3 Å². The predicted molar refractivity (Wildman–Crippen MR) is 64.5 cm³/mol. The third-order valence-corrected chi connectivity index (χ3v) is 2.12. The summed E-state index contributed by atoms with van der Waals surface area (Å²) in [7, 11) is 1.24. The summed E-state index contributed by atoms with van der Waals surface area (Å²) in [6, 6.07) is 7.78. The zero-order valence-corrected chi connectivity index (χ0v) is 9.88. The van der Waals surface area contributed by atoms with E-state index in [1.807, 2.05) is 0 Å². The van der Waals surface area contributed by atoms with Crippen molar-refractivity contribution in [3.05, 3.63) is 35.9 Å². The highest BCUT2D eigenvalue weighted by Crippen LogP contribution is 2.14. The van der Waals surface area contributed by atoms with E-state index in [-0.39, 0.29) is 6.61 Å². The minimum atomic E-state index is -0.915. The molecule has 0 radical (unpaired) electrons. The molecule has 0 fully saturated rings. The molecule has 1 aromatic carbocycles. The Balaban J connectivity index is 2.78. The Morgan fingerprint density at radius 2 is 2.06 bits per heavy atom. The number of terminal acetylenes is 1. The van der Waals surface area contributed by atoms with Gasteiger partial charge < -0.3 is 14.8 Å². The average Bonchev–Trinajstić information content (AvgIpc) is 2.42. The Kier molecular flexibility index (Phi) is 5.26. The molecule has 1 N–H and O–H groups in total. The van der Waals surface area contributed by atoms with E-state index >= 15 is 0 Å². The zero-order chi connectivity index (χ0) is 13.4. The van der Waals surface area contributed by atoms with Gasteiger partial charge in [-0.05, 0) is 5.56 Å². The van der Waals surface area contributed by atoms with E-state index in [0.717, 1.165) is 0 Å². The molecule has 94 valence electrons. The van der Waals surface area contributed by atoms with E-state index < -0.39 is 18.1 Å². The van der Waals surface area contributed by atoms with Crippen LogP contribution in [-0.4, -0.2) is 25.8 Å². The fourth-order valence-electron chi connectivity index (χ4n) is 1.31. The van der Waals surface area contributed by atoms with Gasteiger partial charge in [-0.25, -0.2) is 9.59 Å². The second-order valence-corrected chi connectivity index (χ2v) is 3.29. The number of alkyl carbamates (subject to hydrolysis) is 1. The highest BCUT2D eigenvalue weighted by molar-refractivity contribution is 5.82. The lowest BCUT2D eigenvalue weighted by molar-refractivity contribution is -0.143. The fraction of sp³-hybridized carbons (Fsp3) is 0.231. The molecule has 0 saturated heterocycles. The summed E-state index contributed by atoms with van der Waals surface area (Å²) in [4.78, 5) is 23.0. The molecule has 1 amide bonds. The smallest absolute Gasteiger partial charge is 0.409 e. The van der Waals surface area contributed by atoms with Crippen molar-refractivity contribution < 1.29 is 19.1 Å². The van der Waals surface area contributed by atoms with E-state index in [1.54, 1.807) is 30.3 Å². The van der Waals surface area contributed by atoms with Crippen molar-refractivity contribution in [2.45, 2.75) is 6.04 Å². The van der Waals surface area contributed by atoms with Gasteiger partial charge in [-0.3, -0.25) is 0 Å². The van der Waals surface area contributed by atoms with Gasteiger partial charge in [-0.2, -0.15) is 0 Å². The maximum Gasteiger partial charge on any atom is 0.409 e. The molecule has 5 heteroatoms. The number of nitrogens with one attached hydrogen (secondary N) is 1. The van der Waals surface area contributed by atoms with Gasteiger partial charge in [0.1, 0.15) is 0 Å². The summed E-state index contributed by atoms with van der Waals surface area (Å²) >= 11 is 0. The molecule has 0 bridgehead atoms. The van der Waals surface area contributed by atoms with Gasteiger partial charge in [0.2, 0.25) is 0 Å². The van der Waals surface area contributed by atoms with Gasteiger partial charge in [0.15, 0.2) is 12.6 Å². The number of benzene rings is 1. The molecule has 0 aliphatic carbocycles. The summed E-state index contributed by atoms with van der Waals surface area (Å²) in [6.45, 7) is -0.158. The molecule has 0 heterocycles. The molecule has 0 saturated carbocycles. The predicted octanol–water partition coefficient (Wildman–Crippen LogP) is 1.26. The Labute approximate surface area is 105 Å². The Morgan fingerprint density at radius 1 is 1.39 bits per heavy atom. The highest BCUT2D eigenvalue weighted by Gasteiger charge is 2.23. The summed E-state index contributed by atoms with van der Waals surface area (Å²) in [5, 5.41) is 2.39. The van der Waals surface area contributed by atoms with Gasteiger partial charge in [0.25, 0.3) is 0 Å². The largest absolute Gasteiger partial charge is 0.467 e. The van der Waals surface area contributed by atoms with Crippen LogP contribution in [0.1, 0.15) is 11.6 Å². The number of hydrogen-bond donors (Lipinski definition) is 1. The monoisotopic (exact) mass is 247 g/mol. The van der Waals surface area contributed by atoms with E-state index in [2.05, 4.69) is 20.7 Å². The number of methoxy groups -OCH3 is 1. The van der Waals surface area contributed by atoms with E-state index in [1.165, 1.54) is 7.11 Å². The van der Waals surface area contributed by atoms with Crippen molar-refractivity contribution in [3.63, 3.8) is 0 Å². The first-order chi connectivity index (χ1) is 8.69. The van der Waals surface area contributed by atoms with Gasteiger partial charge in [-0.1, -0.05) is 36.3 Å². The maximum absolute atomic E-state index is 11.6. The number of amides is 1. The van der Waals surface area contributed by atoms with Gasteiger partial charge >= 0.3 is 12.1 Å². The number of carbonyl (C=O) groups is 2. The lowest BCUT2D eigenvalue weighted by Gasteiger charge is -2.16. The normalized spacial score (nSPS) is 10.9. The third kappa shape index (κ3) is 3.83. The quantitative estimate of drug-likeness (QED) is 0.642. The molecule has 1 atom stereocenters. The molecular weight excluding hydrogens is 234 g/mol. The summed E-state index contributed by atoms with van der Waals surface area (Å²) < 4.78 is 9.27.